The van der Waals surface area contributed by atoms with Crippen LogP contribution in [0, 0.1) is 11.6 Å². The van der Waals surface area contributed by atoms with Gasteiger partial charge in [-0.25, -0.2) is 8.78 Å². The summed E-state index contributed by atoms with van der Waals surface area (Å²) in [6.07, 6.45) is 8.05. The standard InChI is InChI=1S/C20H32F2N4.HI/c1-23-20(25-12-10-17-16-18(21)8-9-19(17)22)24-11-4-2-5-13-26-14-6-3-7-15-26;/h8-9,16H,2-7,10-15H2,1H3,(H2,23,24,25);1H. The summed E-state index contributed by atoms with van der Waals surface area (Å²) < 4.78 is 26.7. The van der Waals surface area contributed by atoms with Crippen LogP contribution in [0.4, 0.5) is 8.78 Å². The van der Waals surface area contributed by atoms with Crippen LogP contribution in [0.3, 0.4) is 0 Å². The van der Waals surface area contributed by atoms with Crippen molar-refractivity contribution in [3.05, 3.63) is 35.4 Å². The molecule has 2 N–H and O–H groups in total. The Morgan fingerprint density at radius 2 is 1.78 bits per heavy atom. The van der Waals surface area contributed by atoms with E-state index < -0.39 is 5.82 Å². The van der Waals surface area contributed by atoms with Crippen LogP contribution >= 0.6 is 24.0 Å². The Morgan fingerprint density at radius 3 is 2.52 bits per heavy atom. The van der Waals surface area contributed by atoms with Gasteiger partial charge in [-0.2, -0.15) is 0 Å². The van der Waals surface area contributed by atoms with E-state index in [9.17, 15) is 8.78 Å². The predicted molar refractivity (Wildman–Crippen MR) is 119 cm³/mol. The van der Waals surface area contributed by atoms with E-state index in [1.807, 2.05) is 0 Å². The van der Waals surface area contributed by atoms with Crippen LogP contribution in [-0.4, -0.2) is 50.6 Å². The Morgan fingerprint density at radius 1 is 1.04 bits per heavy atom. The smallest absolute Gasteiger partial charge is 0.190 e. The van der Waals surface area contributed by atoms with Crippen molar-refractivity contribution in [1.82, 2.24) is 15.5 Å². The van der Waals surface area contributed by atoms with Crippen LogP contribution in [0.25, 0.3) is 0 Å². The number of halogens is 3. The second-order valence-corrected chi connectivity index (χ2v) is 6.87. The Balaban J connectivity index is 0.00000364. The molecule has 1 saturated heterocycles. The lowest BCUT2D eigenvalue weighted by molar-refractivity contribution is 0.224. The second kappa shape index (κ2) is 14.1. The van der Waals surface area contributed by atoms with Gasteiger partial charge in [-0.1, -0.05) is 12.8 Å². The van der Waals surface area contributed by atoms with E-state index in [0.717, 1.165) is 19.0 Å². The van der Waals surface area contributed by atoms with Gasteiger partial charge >= 0.3 is 0 Å². The third kappa shape index (κ3) is 9.69. The van der Waals surface area contributed by atoms with Gasteiger partial charge in [-0.3, -0.25) is 4.99 Å². The number of hydrogen-bond donors (Lipinski definition) is 2. The van der Waals surface area contributed by atoms with Gasteiger partial charge < -0.3 is 15.5 Å². The number of piperidine rings is 1. The summed E-state index contributed by atoms with van der Waals surface area (Å²) in [6, 6.07) is 3.55. The second-order valence-electron chi connectivity index (χ2n) is 6.87. The molecule has 1 aromatic rings. The minimum Gasteiger partial charge on any atom is -0.356 e. The minimum atomic E-state index is -0.409. The zero-order chi connectivity index (χ0) is 18.6. The number of hydrogen-bond acceptors (Lipinski definition) is 2. The normalized spacial score (nSPS) is 15.3. The summed E-state index contributed by atoms with van der Waals surface area (Å²) in [5, 5.41) is 6.43. The van der Waals surface area contributed by atoms with Crippen LogP contribution < -0.4 is 10.6 Å². The van der Waals surface area contributed by atoms with Crippen molar-refractivity contribution < 1.29 is 8.78 Å². The lowest BCUT2D eigenvalue weighted by Gasteiger charge is -2.26. The van der Waals surface area contributed by atoms with Gasteiger partial charge in [0.15, 0.2) is 5.96 Å². The molecule has 1 aliphatic heterocycles. The summed E-state index contributed by atoms with van der Waals surface area (Å²) in [4.78, 5) is 6.74. The number of rotatable bonds is 9. The van der Waals surface area contributed by atoms with E-state index in [0.29, 0.717) is 24.5 Å². The largest absolute Gasteiger partial charge is 0.356 e. The Labute approximate surface area is 179 Å². The lowest BCUT2D eigenvalue weighted by atomic mass is 10.1. The first-order valence-corrected chi connectivity index (χ1v) is 9.80. The molecular weight excluding hydrogens is 461 g/mol. The number of unbranched alkanes of at least 4 members (excludes halogenated alkanes) is 2. The van der Waals surface area contributed by atoms with Crippen molar-refractivity contribution in [2.24, 2.45) is 4.99 Å². The van der Waals surface area contributed by atoms with Crippen LogP contribution in [0.5, 0.6) is 0 Å². The SMILES string of the molecule is CN=C(NCCCCCN1CCCCC1)NCCc1cc(F)ccc1F.I. The van der Waals surface area contributed by atoms with E-state index in [2.05, 4.69) is 20.5 Å². The van der Waals surface area contributed by atoms with Crippen LogP contribution in [0.2, 0.25) is 0 Å². The molecule has 2 rings (SSSR count). The third-order valence-electron chi connectivity index (χ3n) is 4.81. The molecule has 1 aromatic carbocycles. The molecule has 1 heterocycles. The summed E-state index contributed by atoms with van der Waals surface area (Å²) in [5.41, 5.74) is 0.380. The molecule has 0 aliphatic carbocycles. The maximum atomic E-state index is 13.6. The number of nitrogens with one attached hydrogen (secondary N) is 2. The maximum absolute atomic E-state index is 13.6. The molecule has 154 valence electrons. The number of aliphatic imine (C=N–C) groups is 1. The van der Waals surface area contributed by atoms with Crippen molar-refractivity contribution in [1.29, 1.82) is 0 Å². The highest BCUT2D eigenvalue weighted by atomic mass is 127. The first-order chi connectivity index (χ1) is 12.7. The molecule has 4 nitrogen and oxygen atoms in total. The summed E-state index contributed by atoms with van der Waals surface area (Å²) in [5.74, 6) is -0.0730. The molecule has 0 amide bonds. The average Bonchev–Trinajstić information content (AvgIpc) is 2.66. The van der Waals surface area contributed by atoms with Crippen molar-refractivity contribution in [2.75, 3.05) is 39.8 Å². The predicted octanol–water partition coefficient (Wildman–Crippen LogP) is 3.95. The third-order valence-corrected chi connectivity index (χ3v) is 4.81. The number of benzene rings is 1. The molecule has 0 atom stereocenters. The monoisotopic (exact) mass is 494 g/mol. The quantitative estimate of drug-likeness (QED) is 0.237. The van der Waals surface area contributed by atoms with E-state index in [1.165, 1.54) is 63.9 Å². The van der Waals surface area contributed by atoms with Gasteiger partial charge in [0, 0.05) is 20.1 Å². The molecule has 1 fully saturated rings. The van der Waals surface area contributed by atoms with Crippen molar-refractivity contribution >= 4 is 29.9 Å². The zero-order valence-corrected chi connectivity index (χ0v) is 18.6. The van der Waals surface area contributed by atoms with Gasteiger partial charge in [0.05, 0.1) is 0 Å². The Bertz CT molecular complexity index is 563. The molecule has 7 heteroatoms. The van der Waals surface area contributed by atoms with Gasteiger partial charge in [0.25, 0.3) is 0 Å². The number of likely N-dealkylation sites (tertiary alicyclic amines) is 1. The van der Waals surface area contributed by atoms with Crippen LogP contribution in [0.1, 0.15) is 44.1 Å². The molecule has 0 spiro atoms. The van der Waals surface area contributed by atoms with Gasteiger partial charge in [0.1, 0.15) is 11.6 Å². The van der Waals surface area contributed by atoms with E-state index in [-0.39, 0.29) is 29.8 Å². The van der Waals surface area contributed by atoms with Crippen molar-refractivity contribution in [3.8, 4) is 0 Å². The highest BCUT2D eigenvalue weighted by molar-refractivity contribution is 14.0. The first-order valence-electron chi connectivity index (χ1n) is 9.80. The topological polar surface area (TPSA) is 39.7 Å². The molecule has 0 radical (unpaired) electrons. The number of nitrogens with zero attached hydrogens (tertiary/aromatic N) is 2. The van der Waals surface area contributed by atoms with Crippen LogP contribution in [0.15, 0.2) is 23.2 Å². The summed E-state index contributed by atoms with van der Waals surface area (Å²) >= 11 is 0. The Hall–Kier alpha value is -0.960. The molecule has 0 saturated carbocycles. The molecular formula is C20H33F2IN4. The molecule has 0 unspecified atom stereocenters. The van der Waals surface area contributed by atoms with Gasteiger partial charge in [0.2, 0.25) is 0 Å². The zero-order valence-electron chi connectivity index (χ0n) is 16.3. The highest BCUT2D eigenvalue weighted by Gasteiger charge is 2.09. The lowest BCUT2D eigenvalue weighted by Crippen LogP contribution is -2.38. The number of guanidine groups is 1. The first kappa shape index (κ1) is 24.1. The van der Waals surface area contributed by atoms with Crippen LogP contribution in [-0.2, 0) is 6.42 Å². The average molecular weight is 494 g/mol. The molecule has 27 heavy (non-hydrogen) atoms. The van der Waals surface area contributed by atoms with Gasteiger partial charge in [-0.05, 0) is 75.5 Å². The summed E-state index contributed by atoms with van der Waals surface area (Å²) in [7, 11) is 1.72. The Kier molecular flexibility index (Phi) is 12.6. The fourth-order valence-corrected chi connectivity index (χ4v) is 3.30. The molecule has 1 aliphatic rings. The van der Waals surface area contributed by atoms with E-state index in [4.69, 9.17) is 0 Å². The molecule has 0 aromatic heterocycles. The van der Waals surface area contributed by atoms with Crippen molar-refractivity contribution in [3.63, 3.8) is 0 Å². The van der Waals surface area contributed by atoms with E-state index >= 15 is 0 Å². The van der Waals surface area contributed by atoms with E-state index in [1.54, 1.807) is 7.05 Å². The fourth-order valence-electron chi connectivity index (χ4n) is 3.30. The fraction of sp³-hybridized carbons (Fsp3) is 0.650. The van der Waals surface area contributed by atoms with Gasteiger partial charge in [-0.15, -0.1) is 24.0 Å². The maximum Gasteiger partial charge on any atom is 0.190 e. The van der Waals surface area contributed by atoms with Crippen molar-refractivity contribution in [2.45, 2.75) is 44.9 Å². The molecule has 0 bridgehead atoms. The minimum absolute atomic E-state index is 0. The summed E-state index contributed by atoms with van der Waals surface area (Å²) in [6.45, 7) is 5.12. The highest BCUT2D eigenvalue weighted by Crippen LogP contribution is 2.10.